The Morgan fingerprint density at radius 2 is 1.89 bits per heavy atom. The molecule has 0 saturated heterocycles. The molecule has 18 heavy (non-hydrogen) atoms. The highest BCUT2D eigenvalue weighted by atomic mass is 32.1. The number of hydrogen-bond acceptors (Lipinski definition) is 5. The van der Waals surface area contributed by atoms with Gasteiger partial charge in [-0.15, -0.1) is 10.2 Å². The molecule has 0 spiro atoms. The van der Waals surface area contributed by atoms with E-state index in [0.717, 1.165) is 17.8 Å². The highest BCUT2D eigenvalue weighted by Crippen LogP contribution is 2.42. The van der Waals surface area contributed by atoms with Crippen LogP contribution in [-0.4, -0.2) is 27.2 Å². The number of carboxylic acid groups (broad SMARTS) is 1. The van der Waals surface area contributed by atoms with E-state index < -0.39 is 17.8 Å². The monoisotopic (exact) mass is 267 g/mol. The molecule has 2 atom stereocenters. The maximum atomic E-state index is 11.9. The molecule has 2 aliphatic carbocycles. The minimum atomic E-state index is -0.891. The minimum Gasteiger partial charge on any atom is -0.481 e. The van der Waals surface area contributed by atoms with Crippen molar-refractivity contribution in [3.05, 3.63) is 5.01 Å². The van der Waals surface area contributed by atoms with E-state index in [0.29, 0.717) is 23.9 Å². The Labute approximate surface area is 107 Å². The van der Waals surface area contributed by atoms with Crippen molar-refractivity contribution < 1.29 is 14.7 Å². The number of nitrogens with zero attached hydrogens (tertiary/aromatic N) is 2. The Kier molecular flexibility index (Phi) is 2.77. The van der Waals surface area contributed by atoms with Gasteiger partial charge in [0, 0.05) is 5.92 Å². The van der Waals surface area contributed by atoms with Gasteiger partial charge < -0.3 is 10.4 Å². The standard InChI is InChI=1S/C11H13N3O3S/c15-8(6-3-4-7(6)10(16)17)12-11-14-13-9(18-11)5-1-2-5/h5-7H,1-4H2,(H,16,17)(H,12,14,15)/t6-,7-/m1/s1. The van der Waals surface area contributed by atoms with Gasteiger partial charge in [0.2, 0.25) is 11.0 Å². The van der Waals surface area contributed by atoms with Crippen LogP contribution in [0.4, 0.5) is 5.13 Å². The summed E-state index contributed by atoms with van der Waals surface area (Å²) in [5, 5.41) is 21.0. The molecular formula is C11H13N3O3S. The number of nitrogens with one attached hydrogen (secondary N) is 1. The Morgan fingerprint density at radius 3 is 2.44 bits per heavy atom. The van der Waals surface area contributed by atoms with Gasteiger partial charge in [-0.3, -0.25) is 9.59 Å². The highest BCUT2D eigenvalue weighted by molar-refractivity contribution is 7.15. The molecule has 7 heteroatoms. The fourth-order valence-corrected chi connectivity index (χ4v) is 3.00. The summed E-state index contributed by atoms with van der Waals surface area (Å²) in [4.78, 5) is 22.7. The molecule has 2 aliphatic rings. The number of aliphatic carboxylic acids is 1. The van der Waals surface area contributed by atoms with Crippen molar-refractivity contribution >= 4 is 28.3 Å². The molecule has 6 nitrogen and oxygen atoms in total. The second-order valence-corrected chi connectivity index (χ2v) is 5.85. The first kappa shape index (κ1) is 11.6. The molecule has 2 fully saturated rings. The van der Waals surface area contributed by atoms with Crippen LogP contribution in [0.1, 0.15) is 36.6 Å². The van der Waals surface area contributed by atoms with Gasteiger partial charge in [0.1, 0.15) is 5.01 Å². The summed E-state index contributed by atoms with van der Waals surface area (Å²) >= 11 is 1.39. The third-order valence-corrected chi connectivity index (χ3v) is 4.53. The zero-order valence-corrected chi connectivity index (χ0v) is 10.4. The molecule has 0 unspecified atom stereocenters. The summed E-state index contributed by atoms with van der Waals surface area (Å²) in [6, 6.07) is 0. The molecule has 2 N–H and O–H groups in total. The second kappa shape index (κ2) is 4.31. The van der Waals surface area contributed by atoms with Crippen LogP contribution in [-0.2, 0) is 9.59 Å². The van der Waals surface area contributed by atoms with Crippen molar-refractivity contribution in [2.45, 2.75) is 31.6 Å². The number of hydrogen-bond donors (Lipinski definition) is 2. The smallest absolute Gasteiger partial charge is 0.307 e. The number of amides is 1. The van der Waals surface area contributed by atoms with Crippen LogP contribution in [0.5, 0.6) is 0 Å². The summed E-state index contributed by atoms with van der Waals surface area (Å²) in [7, 11) is 0. The van der Waals surface area contributed by atoms with Gasteiger partial charge in [0.25, 0.3) is 0 Å². The number of carbonyl (C=O) groups excluding carboxylic acids is 1. The Bertz CT molecular complexity index is 497. The Hall–Kier alpha value is -1.50. The molecule has 1 heterocycles. The molecule has 96 valence electrons. The van der Waals surface area contributed by atoms with Gasteiger partial charge in [-0.1, -0.05) is 11.3 Å². The maximum Gasteiger partial charge on any atom is 0.307 e. The SMILES string of the molecule is O=C(O)[C@@H]1CC[C@H]1C(=O)Nc1nnc(C2CC2)s1. The highest BCUT2D eigenvalue weighted by Gasteiger charge is 2.41. The minimum absolute atomic E-state index is 0.243. The van der Waals surface area contributed by atoms with Crippen LogP contribution < -0.4 is 5.32 Å². The number of rotatable bonds is 4. The Balaban J connectivity index is 1.61. The fourth-order valence-electron chi connectivity index (χ4n) is 2.09. The topological polar surface area (TPSA) is 92.2 Å². The molecule has 0 aliphatic heterocycles. The van der Waals surface area contributed by atoms with Crippen molar-refractivity contribution in [2.24, 2.45) is 11.8 Å². The number of carboxylic acids is 1. The molecular weight excluding hydrogens is 254 g/mol. The van der Waals surface area contributed by atoms with Crippen molar-refractivity contribution in [1.29, 1.82) is 0 Å². The average Bonchev–Trinajstić information content (AvgIpc) is 2.98. The van der Waals surface area contributed by atoms with Crippen molar-refractivity contribution in [1.82, 2.24) is 10.2 Å². The van der Waals surface area contributed by atoms with E-state index in [2.05, 4.69) is 15.5 Å². The predicted octanol–water partition coefficient (Wildman–Crippen LogP) is 1.46. The summed E-state index contributed by atoms with van der Waals surface area (Å²) in [5.74, 6) is -1.58. The number of aromatic nitrogens is 2. The molecule has 0 aromatic carbocycles. The first-order valence-corrected chi connectivity index (χ1v) is 6.84. The molecule has 1 aromatic rings. The normalized spacial score (nSPS) is 26.4. The lowest BCUT2D eigenvalue weighted by Crippen LogP contribution is -2.41. The van der Waals surface area contributed by atoms with E-state index >= 15 is 0 Å². The van der Waals surface area contributed by atoms with Crippen LogP contribution in [0.15, 0.2) is 0 Å². The molecule has 2 saturated carbocycles. The van der Waals surface area contributed by atoms with E-state index in [1.165, 1.54) is 11.3 Å². The van der Waals surface area contributed by atoms with Crippen molar-refractivity contribution in [2.75, 3.05) is 5.32 Å². The van der Waals surface area contributed by atoms with Crippen LogP contribution in [0, 0.1) is 11.8 Å². The van der Waals surface area contributed by atoms with E-state index in [-0.39, 0.29) is 5.91 Å². The zero-order valence-electron chi connectivity index (χ0n) is 9.63. The molecule has 1 aromatic heterocycles. The van der Waals surface area contributed by atoms with E-state index in [4.69, 9.17) is 5.11 Å². The van der Waals surface area contributed by atoms with Gasteiger partial charge in [0.05, 0.1) is 11.8 Å². The molecule has 3 rings (SSSR count). The average molecular weight is 267 g/mol. The first-order chi connectivity index (χ1) is 8.65. The lowest BCUT2D eigenvalue weighted by atomic mass is 9.73. The van der Waals surface area contributed by atoms with Crippen LogP contribution in [0.2, 0.25) is 0 Å². The van der Waals surface area contributed by atoms with Gasteiger partial charge in [-0.25, -0.2) is 0 Å². The summed E-state index contributed by atoms with van der Waals surface area (Å²) in [6.07, 6.45) is 3.51. The molecule has 1 amide bonds. The molecule has 0 radical (unpaired) electrons. The Morgan fingerprint density at radius 1 is 1.17 bits per heavy atom. The van der Waals surface area contributed by atoms with E-state index in [1.54, 1.807) is 0 Å². The second-order valence-electron chi connectivity index (χ2n) is 4.84. The van der Waals surface area contributed by atoms with Crippen molar-refractivity contribution in [3.63, 3.8) is 0 Å². The van der Waals surface area contributed by atoms with Crippen LogP contribution >= 0.6 is 11.3 Å². The first-order valence-electron chi connectivity index (χ1n) is 6.02. The largest absolute Gasteiger partial charge is 0.481 e. The van der Waals surface area contributed by atoms with Crippen molar-refractivity contribution in [3.8, 4) is 0 Å². The zero-order chi connectivity index (χ0) is 12.7. The quantitative estimate of drug-likeness (QED) is 0.861. The summed E-state index contributed by atoms with van der Waals surface area (Å²) in [6.45, 7) is 0. The van der Waals surface area contributed by atoms with Gasteiger partial charge >= 0.3 is 5.97 Å². The third-order valence-electron chi connectivity index (χ3n) is 3.53. The van der Waals surface area contributed by atoms with Crippen LogP contribution in [0.25, 0.3) is 0 Å². The predicted molar refractivity (Wildman–Crippen MR) is 64.4 cm³/mol. The number of anilines is 1. The maximum absolute atomic E-state index is 11.9. The van der Waals surface area contributed by atoms with Crippen LogP contribution in [0.3, 0.4) is 0 Å². The molecule has 0 bridgehead atoms. The van der Waals surface area contributed by atoms with E-state index in [9.17, 15) is 9.59 Å². The van der Waals surface area contributed by atoms with E-state index in [1.807, 2.05) is 0 Å². The number of carbonyl (C=O) groups is 2. The van der Waals surface area contributed by atoms with Gasteiger partial charge in [-0.2, -0.15) is 0 Å². The van der Waals surface area contributed by atoms with Gasteiger partial charge in [0.15, 0.2) is 0 Å². The third kappa shape index (κ3) is 2.10. The lowest BCUT2D eigenvalue weighted by Gasteiger charge is -2.31. The lowest BCUT2D eigenvalue weighted by molar-refractivity contribution is -0.151. The van der Waals surface area contributed by atoms with Gasteiger partial charge in [-0.05, 0) is 25.7 Å². The fraction of sp³-hybridized carbons (Fsp3) is 0.636. The summed E-state index contributed by atoms with van der Waals surface area (Å²) < 4.78 is 0. The summed E-state index contributed by atoms with van der Waals surface area (Å²) in [5.41, 5.74) is 0.